The summed E-state index contributed by atoms with van der Waals surface area (Å²) in [6.45, 7) is 1.02. The summed E-state index contributed by atoms with van der Waals surface area (Å²) >= 11 is 0. The second-order valence-electron chi connectivity index (χ2n) is 6.43. The van der Waals surface area contributed by atoms with Crippen LogP contribution in [0, 0.1) is 5.92 Å². The Kier molecular flexibility index (Phi) is 14.7. The lowest BCUT2D eigenvalue weighted by molar-refractivity contribution is -0.149. The van der Waals surface area contributed by atoms with Gasteiger partial charge in [-0.15, -0.1) is 0 Å². The van der Waals surface area contributed by atoms with Gasteiger partial charge < -0.3 is 15.3 Å². The van der Waals surface area contributed by atoms with Crippen molar-refractivity contribution in [2.24, 2.45) is 5.92 Å². The fourth-order valence-electron chi connectivity index (χ4n) is 2.73. The second kappa shape index (κ2) is 15.4. The minimum Gasteiger partial charge on any atom is -0.481 e. The number of rotatable bonds is 16. The van der Waals surface area contributed by atoms with Crippen LogP contribution in [-0.2, 0) is 9.59 Å². The number of carbonyl (C=O) groups excluding carboxylic acids is 1. The lowest BCUT2D eigenvalue weighted by Gasteiger charge is -2.19. The van der Waals surface area contributed by atoms with Crippen molar-refractivity contribution in [3.05, 3.63) is 0 Å². The van der Waals surface area contributed by atoms with Crippen LogP contribution in [0.2, 0.25) is 0 Å². The van der Waals surface area contributed by atoms with E-state index in [0.29, 0.717) is 6.42 Å². The number of hydrogen-bond acceptors (Lipinski definition) is 4. The van der Waals surface area contributed by atoms with Gasteiger partial charge in [0.1, 0.15) is 13.5 Å². The molecule has 24 heavy (non-hydrogen) atoms. The zero-order valence-electron chi connectivity index (χ0n) is 15.1. The molecular formula is C18H35NO5. The number of carboxylic acids is 1. The molecule has 0 bridgehead atoms. The Morgan fingerprint density at radius 1 is 0.833 bits per heavy atom. The number of carboxylic acid groups (broad SMARTS) is 1. The molecule has 1 atom stereocenters. The molecule has 0 fully saturated rings. The van der Waals surface area contributed by atoms with E-state index in [1.54, 1.807) is 0 Å². The van der Waals surface area contributed by atoms with Crippen LogP contribution >= 0.6 is 0 Å². The van der Waals surface area contributed by atoms with Crippen LogP contribution in [0.15, 0.2) is 0 Å². The summed E-state index contributed by atoms with van der Waals surface area (Å²) < 4.78 is 0. The third-order valence-electron chi connectivity index (χ3n) is 4.37. The Labute approximate surface area is 145 Å². The first-order valence-corrected chi connectivity index (χ1v) is 9.29. The van der Waals surface area contributed by atoms with Crippen molar-refractivity contribution in [2.45, 2.75) is 84.0 Å². The highest BCUT2D eigenvalue weighted by atomic mass is 16.4. The third kappa shape index (κ3) is 11.4. The smallest absolute Gasteiger partial charge is 0.307 e. The normalized spacial score (nSPS) is 12.1. The second-order valence-corrected chi connectivity index (χ2v) is 6.43. The monoisotopic (exact) mass is 345 g/mol. The average molecular weight is 345 g/mol. The van der Waals surface area contributed by atoms with E-state index in [4.69, 9.17) is 10.2 Å². The van der Waals surface area contributed by atoms with Crippen molar-refractivity contribution in [1.82, 2.24) is 4.90 Å². The number of aliphatic hydroxyl groups is 2. The largest absolute Gasteiger partial charge is 0.481 e. The Bertz CT molecular complexity index is 331. The summed E-state index contributed by atoms with van der Waals surface area (Å²) in [5.41, 5.74) is 0. The van der Waals surface area contributed by atoms with E-state index in [0.717, 1.165) is 24.2 Å². The Morgan fingerprint density at radius 3 is 1.71 bits per heavy atom. The lowest BCUT2D eigenvalue weighted by Crippen LogP contribution is -2.35. The molecule has 0 aliphatic heterocycles. The van der Waals surface area contributed by atoms with Crippen molar-refractivity contribution >= 4 is 11.9 Å². The lowest BCUT2D eigenvalue weighted by atomic mass is 9.96. The molecule has 1 unspecified atom stereocenters. The first kappa shape index (κ1) is 22.9. The summed E-state index contributed by atoms with van der Waals surface area (Å²) in [7, 11) is 0. The van der Waals surface area contributed by atoms with Crippen LogP contribution < -0.4 is 0 Å². The topological polar surface area (TPSA) is 98.1 Å². The predicted octanol–water partition coefficient (Wildman–Crippen LogP) is 3.12. The quantitative estimate of drug-likeness (QED) is 0.295. The fraction of sp³-hybridized carbons (Fsp3) is 0.889. The van der Waals surface area contributed by atoms with Gasteiger partial charge in [-0.2, -0.15) is 0 Å². The summed E-state index contributed by atoms with van der Waals surface area (Å²) in [6, 6.07) is 0. The van der Waals surface area contributed by atoms with Gasteiger partial charge in [0.25, 0.3) is 0 Å². The van der Waals surface area contributed by atoms with E-state index in [1.807, 2.05) is 0 Å². The molecule has 0 aliphatic rings. The van der Waals surface area contributed by atoms with Crippen LogP contribution in [0.1, 0.15) is 84.0 Å². The number of aliphatic hydroxyl groups excluding tert-OH is 2. The van der Waals surface area contributed by atoms with Gasteiger partial charge >= 0.3 is 5.97 Å². The molecule has 0 aromatic carbocycles. The molecule has 6 heteroatoms. The zero-order valence-corrected chi connectivity index (χ0v) is 15.1. The van der Waals surface area contributed by atoms with E-state index < -0.39 is 31.3 Å². The van der Waals surface area contributed by atoms with E-state index in [9.17, 15) is 14.7 Å². The van der Waals surface area contributed by atoms with Crippen molar-refractivity contribution in [3.8, 4) is 0 Å². The van der Waals surface area contributed by atoms with Crippen LogP contribution in [0.4, 0.5) is 0 Å². The van der Waals surface area contributed by atoms with Gasteiger partial charge in [0.05, 0.1) is 5.92 Å². The Morgan fingerprint density at radius 2 is 1.29 bits per heavy atom. The molecule has 0 aromatic rings. The van der Waals surface area contributed by atoms with Crippen molar-refractivity contribution in [2.75, 3.05) is 13.5 Å². The van der Waals surface area contributed by atoms with E-state index in [1.165, 1.54) is 44.9 Å². The standard InChI is InChI=1S/C18H35NO5/c1-2-3-4-5-6-7-8-9-10-11-12-16(18(23)24)13-17(22)19(14-20)15-21/h16,20-21H,2-15H2,1H3,(H,23,24). The molecule has 0 aliphatic carbocycles. The maximum absolute atomic E-state index is 11.7. The van der Waals surface area contributed by atoms with Gasteiger partial charge in [-0.1, -0.05) is 71.1 Å². The first-order chi connectivity index (χ1) is 11.6. The molecule has 3 N–H and O–H groups in total. The van der Waals surface area contributed by atoms with Gasteiger partial charge in [0.2, 0.25) is 5.91 Å². The zero-order chi connectivity index (χ0) is 18.2. The molecule has 0 rings (SSSR count). The van der Waals surface area contributed by atoms with Crippen molar-refractivity contribution in [1.29, 1.82) is 0 Å². The Hall–Kier alpha value is -1.14. The summed E-state index contributed by atoms with van der Waals surface area (Å²) in [5.74, 6) is -2.26. The van der Waals surface area contributed by atoms with E-state index in [-0.39, 0.29) is 6.42 Å². The molecule has 0 heterocycles. The average Bonchev–Trinajstić information content (AvgIpc) is 2.56. The molecular weight excluding hydrogens is 310 g/mol. The number of hydrogen-bond donors (Lipinski definition) is 3. The highest BCUT2D eigenvalue weighted by Crippen LogP contribution is 2.17. The van der Waals surface area contributed by atoms with Crippen molar-refractivity contribution in [3.63, 3.8) is 0 Å². The van der Waals surface area contributed by atoms with E-state index in [2.05, 4.69) is 6.92 Å². The summed E-state index contributed by atoms with van der Waals surface area (Å²) in [5, 5.41) is 27.0. The maximum Gasteiger partial charge on any atom is 0.307 e. The Balaban J connectivity index is 3.79. The highest BCUT2D eigenvalue weighted by molar-refractivity contribution is 5.82. The minimum absolute atomic E-state index is 0.173. The van der Waals surface area contributed by atoms with Crippen LogP contribution in [-0.4, -0.2) is 45.6 Å². The van der Waals surface area contributed by atoms with Gasteiger partial charge in [-0.25, -0.2) is 0 Å². The molecule has 6 nitrogen and oxygen atoms in total. The third-order valence-corrected chi connectivity index (χ3v) is 4.37. The first-order valence-electron chi connectivity index (χ1n) is 9.29. The molecule has 142 valence electrons. The predicted molar refractivity (Wildman–Crippen MR) is 93.2 cm³/mol. The summed E-state index contributed by atoms with van der Waals surface area (Å²) in [6.07, 6.45) is 12.1. The molecule has 0 spiro atoms. The van der Waals surface area contributed by atoms with Gasteiger partial charge in [0.15, 0.2) is 0 Å². The molecule has 1 amide bonds. The van der Waals surface area contributed by atoms with Crippen molar-refractivity contribution < 1.29 is 24.9 Å². The number of unbranched alkanes of at least 4 members (excludes halogenated alkanes) is 9. The van der Waals surface area contributed by atoms with Gasteiger partial charge in [-0.3, -0.25) is 14.5 Å². The number of amides is 1. The maximum atomic E-state index is 11.7. The minimum atomic E-state index is -0.991. The van der Waals surface area contributed by atoms with Crippen LogP contribution in [0.5, 0.6) is 0 Å². The summed E-state index contributed by atoms with van der Waals surface area (Å²) in [4.78, 5) is 23.8. The fourth-order valence-corrected chi connectivity index (χ4v) is 2.73. The SMILES string of the molecule is CCCCCCCCCCCCC(CC(=O)N(CO)CO)C(=O)O. The number of carbonyl (C=O) groups is 2. The molecule has 0 radical (unpaired) electrons. The van der Waals surface area contributed by atoms with Gasteiger partial charge in [0, 0.05) is 6.42 Å². The van der Waals surface area contributed by atoms with E-state index >= 15 is 0 Å². The number of nitrogens with zero attached hydrogens (tertiary/aromatic N) is 1. The van der Waals surface area contributed by atoms with Crippen LogP contribution in [0.25, 0.3) is 0 Å². The molecule has 0 saturated heterocycles. The van der Waals surface area contributed by atoms with Gasteiger partial charge in [-0.05, 0) is 6.42 Å². The highest BCUT2D eigenvalue weighted by Gasteiger charge is 2.23. The molecule has 0 aromatic heterocycles. The number of aliphatic carboxylic acids is 1. The molecule has 0 saturated carbocycles. The van der Waals surface area contributed by atoms with Crippen LogP contribution in [0.3, 0.4) is 0 Å².